The molecular formula is C18H16N4O6. The van der Waals surface area contributed by atoms with Crippen molar-refractivity contribution in [3.8, 4) is 5.75 Å². The first-order valence-corrected chi connectivity index (χ1v) is 8.20. The van der Waals surface area contributed by atoms with E-state index in [1.54, 1.807) is 30.3 Å². The second-order valence-electron chi connectivity index (χ2n) is 5.91. The van der Waals surface area contributed by atoms with Gasteiger partial charge in [-0.1, -0.05) is 30.3 Å². The Bertz CT molecular complexity index is 946. The van der Waals surface area contributed by atoms with Crippen molar-refractivity contribution in [2.24, 2.45) is 0 Å². The number of benzene rings is 2. The highest BCUT2D eigenvalue weighted by Crippen LogP contribution is 2.29. The van der Waals surface area contributed by atoms with Gasteiger partial charge < -0.3 is 15.4 Å². The average Bonchev–Trinajstić information content (AvgIpc) is 2.97. The van der Waals surface area contributed by atoms with Crippen LogP contribution in [0.3, 0.4) is 0 Å². The molecule has 1 saturated heterocycles. The molecule has 3 rings (SSSR count). The molecule has 2 N–H and O–H groups in total. The van der Waals surface area contributed by atoms with Crippen molar-refractivity contribution in [1.29, 1.82) is 0 Å². The van der Waals surface area contributed by atoms with E-state index >= 15 is 0 Å². The van der Waals surface area contributed by atoms with E-state index in [1.165, 1.54) is 19.2 Å². The topological polar surface area (TPSA) is 131 Å². The minimum atomic E-state index is -0.878. The van der Waals surface area contributed by atoms with Gasteiger partial charge in [0.2, 0.25) is 5.91 Å². The lowest BCUT2D eigenvalue weighted by Crippen LogP contribution is -2.38. The summed E-state index contributed by atoms with van der Waals surface area (Å²) in [6.45, 7) is -0.572. The van der Waals surface area contributed by atoms with Crippen molar-refractivity contribution >= 4 is 29.2 Å². The van der Waals surface area contributed by atoms with E-state index in [2.05, 4.69) is 10.6 Å². The fourth-order valence-corrected chi connectivity index (χ4v) is 2.77. The molecule has 1 unspecified atom stereocenters. The van der Waals surface area contributed by atoms with Gasteiger partial charge in [0.25, 0.3) is 11.6 Å². The van der Waals surface area contributed by atoms with Gasteiger partial charge in [-0.2, -0.15) is 0 Å². The van der Waals surface area contributed by atoms with Crippen molar-refractivity contribution in [2.45, 2.75) is 6.04 Å². The summed E-state index contributed by atoms with van der Waals surface area (Å²) in [5, 5.41) is 16.1. The van der Waals surface area contributed by atoms with Gasteiger partial charge in [-0.15, -0.1) is 0 Å². The van der Waals surface area contributed by atoms with Crippen molar-refractivity contribution < 1.29 is 24.0 Å². The standard InChI is InChI=1S/C18H16N4O6/c1-28-12-7-8-13(14(9-12)22(26)27)19-15(23)10-21-17(24)16(20-18(21)25)11-5-3-2-4-6-11/h2-9,16H,10H2,1H3,(H,19,23)(H,20,25). The predicted octanol–water partition coefficient (Wildman–Crippen LogP) is 1.83. The van der Waals surface area contributed by atoms with E-state index < -0.39 is 35.4 Å². The number of nitrogens with one attached hydrogen (secondary N) is 2. The van der Waals surface area contributed by atoms with Crippen LogP contribution >= 0.6 is 0 Å². The Kier molecular flexibility index (Phi) is 5.21. The van der Waals surface area contributed by atoms with Crippen molar-refractivity contribution in [3.05, 3.63) is 64.2 Å². The van der Waals surface area contributed by atoms with Gasteiger partial charge in [0.15, 0.2) is 0 Å². The molecule has 10 heteroatoms. The highest BCUT2D eigenvalue weighted by molar-refractivity contribution is 6.08. The molecule has 1 fully saturated rings. The lowest BCUT2D eigenvalue weighted by molar-refractivity contribution is -0.384. The second-order valence-corrected chi connectivity index (χ2v) is 5.91. The maximum absolute atomic E-state index is 12.5. The summed E-state index contributed by atoms with van der Waals surface area (Å²) < 4.78 is 4.93. The molecule has 0 radical (unpaired) electrons. The summed E-state index contributed by atoms with van der Waals surface area (Å²) in [5.41, 5.74) is 0.157. The van der Waals surface area contributed by atoms with E-state index in [0.29, 0.717) is 5.56 Å². The van der Waals surface area contributed by atoms with Crippen molar-refractivity contribution in [2.75, 3.05) is 19.0 Å². The number of carbonyl (C=O) groups excluding carboxylic acids is 3. The van der Waals surface area contributed by atoms with Crippen LogP contribution in [0.15, 0.2) is 48.5 Å². The first-order valence-electron chi connectivity index (χ1n) is 8.20. The van der Waals surface area contributed by atoms with Crippen LogP contribution in [-0.2, 0) is 9.59 Å². The molecule has 2 aromatic carbocycles. The molecule has 0 aliphatic carbocycles. The molecule has 0 aromatic heterocycles. The van der Waals surface area contributed by atoms with Crippen LogP contribution in [0, 0.1) is 10.1 Å². The minimum absolute atomic E-state index is 0.0672. The number of ether oxygens (including phenoxy) is 1. The highest BCUT2D eigenvalue weighted by Gasteiger charge is 2.39. The Balaban J connectivity index is 1.72. The summed E-state index contributed by atoms with van der Waals surface area (Å²) >= 11 is 0. The highest BCUT2D eigenvalue weighted by atomic mass is 16.6. The lowest BCUT2D eigenvalue weighted by Gasteiger charge is -2.13. The Morgan fingerprint density at radius 2 is 1.96 bits per heavy atom. The molecule has 1 heterocycles. The number of hydrogen-bond donors (Lipinski definition) is 2. The normalized spacial score (nSPS) is 15.9. The maximum Gasteiger partial charge on any atom is 0.325 e. The van der Waals surface area contributed by atoms with Crippen LogP contribution in [0.2, 0.25) is 0 Å². The van der Waals surface area contributed by atoms with E-state index in [1.807, 2.05) is 0 Å². The number of nitrogens with zero attached hydrogens (tertiary/aromatic N) is 2. The number of amides is 4. The quantitative estimate of drug-likeness (QED) is 0.444. The number of anilines is 1. The van der Waals surface area contributed by atoms with Gasteiger partial charge in [0.1, 0.15) is 24.0 Å². The van der Waals surface area contributed by atoms with Crippen molar-refractivity contribution in [1.82, 2.24) is 10.2 Å². The summed E-state index contributed by atoms with van der Waals surface area (Å²) in [6.07, 6.45) is 0. The largest absolute Gasteiger partial charge is 0.496 e. The molecule has 0 bridgehead atoms. The molecule has 0 spiro atoms. The summed E-state index contributed by atoms with van der Waals surface area (Å²) in [6, 6.07) is 10.9. The summed E-state index contributed by atoms with van der Waals surface area (Å²) in [4.78, 5) is 48.2. The lowest BCUT2D eigenvalue weighted by atomic mass is 10.1. The second kappa shape index (κ2) is 7.74. The first-order chi connectivity index (χ1) is 13.4. The van der Waals surface area contributed by atoms with Crippen LogP contribution in [-0.4, -0.2) is 41.3 Å². The summed E-state index contributed by atoms with van der Waals surface area (Å²) in [5.74, 6) is -1.06. The van der Waals surface area contributed by atoms with Crippen LogP contribution < -0.4 is 15.4 Å². The first kappa shape index (κ1) is 18.8. The Morgan fingerprint density at radius 3 is 2.61 bits per heavy atom. The molecule has 1 atom stereocenters. The van der Waals surface area contributed by atoms with Gasteiger partial charge >= 0.3 is 6.03 Å². The Hall–Kier alpha value is -3.95. The Labute approximate surface area is 159 Å². The zero-order chi connectivity index (χ0) is 20.3. The fourth-order valence-electron chi connectivity index (χ4n) is 2.77. The van der Waals surface area contributed by atoms with Crippen molar-refractivity contribution in [3.63, 3.8) is 0 Å². The monoisotopic (exact) mass is 384 g/mol. The number of nitro benzene ring substituents is 1. The van der Waals surface area contributed by atoms with Gasteiger partial charge in [0, 0.05) is 0 Å². The van der Waals surface area contributed by atoms with E-state index in [9.17, 15) is 24.5 Å². The third-order valence-corrected chi connectivity index (χ3v) is 4.14. The third kappa shape index (κ3) is 3.75. The molecule has 0 saturated carbocycles. The number of hydrogen-bond acceptors (Lipinski definition) is 6. The van der Waals surface area contributed by atoms with Gasteiger partial charge in [-0.25, -0.2) is 4.79 Å². The molecule has 1 aliphatic heterocycles. The minimum Gasteiger partial charge on any atom is -0.496 e. The average molecular weight is 384 g/mol. The number of imide groups is 1. The fraction of sp³-hybridized carbons (Fsp3) is 0.167. The molecule has 144 valence electrons. The number of nitro groups is 1. The molecule has 2 aromatic rings. The number of methoxy groups -OCH3 is 1. The van der Waals surface area contributed by atoms with Gasteiger partial charge in [-0.3, -0.25) is 24.6 Å². The third-order valence-electron chi connectivity index (χ3n) is 4.14. The maximum atomic E-state index is 12.5. The molecule has 10 nitrogen and oxygen atoms in total. The van der Waals surface area contributed by atoms with Crippen LogP contribution in [0.25, 0.3) is 0 Å². The number of rotatable bonds is 6. The van der Waals surface area contributed by atoms with Gasteiger partial charge in [-0.05, 0) is 17.7 Å². The zero-order valence-electron chi connectivity index (χ0n) is 14.7. The molecule has 1 aliphatic rings. The molecule has 4 amide bonds. The predicted molar refractivity (Wildman–Crippen MR) is 97.7 cm³/mol. The molecular weight excluding hydrogens is 368 g/mol. The smallest absolute Gasteiger partial charge is 0.325 e. The zero-order valence-corrected chi connectivity index (χ0v) is 14.7. The van der Waals surface area contributed by atoms with E-state index in [0.717, 1.165) is 11.0 Å². The SMILES string of the molecule is COc1ccc(NC(=O)CN2C(=O)NC(c3ccccc3)C2=O)c([N+](=O)[O-])c1. The molecule has 28 heavy (non-hydrogen) atoms. The number of urea groups is 1. The van der Waals surface area contributed by atoms with Crippen LogP contribution in [0.1, 0.15) is 11.6 Å². The van der Waals surface area contributed by atoms with Crippen LogP contribution in [0.5, 0.6) is 5.75 Å². The number of carbonyl (C=O) groups is 3. The van der Waals surface area contributed by atoms with E-state index in [-0.39, 0.29) is 17.1 Å². The van der Waals surface area contributed by atoms with E-state index in [4.69, 9.17) is 4.74 Å². The van der Waals surface area contributed by atoms with Crippen LogP contribution in [0.4, 0.5) is 16.2 Å². The summed E-state index contributed by atoms with van der Waals surface area (Å²) in [7, 11) is 1.36. The van der Waals surface area contributed by atoms with Gasteiger partial charge in [0.05, 0.1) is 18.1 Å². The Morgan fingerprint density at radius 1 is 1.25 bits per heavy atom.